The maximum Gasteiger partial charge on any atom is 0.231 e. The van der Waals surface area contributed by atoms with E-state index in [9.17, 15) is 4.39 Å². The average Bonchev–Trinajstić information content (AvgIpc) is 2.96. The van der Waals surface area contributed by atoms with Crippen LogP contribution in [0.15, 0.2) is 36.4 Å². The zero-order valence-corrected chi connectivity index (χ0v) is 11.2. The molecule has 4 nitrogen and oxygen atoms in total. The van der Waals surface area contributed by atoms with Crippen LogP contribution in [0.2, 0.25) is 0 Å². The van der Waals surface area contributed by atoms with Gasteiger partial charge in [0.1, 0.15) is 5.82 Å². The van der Waals surface area contributed by atoms with Gasteiger partial charge in [0, 0.05) is 18.7 Å². The van der Waals surface area contributed by atoms with Crippen LogP contribution in [0.25, 0.3) is 0 Å². The van der Waals surface area contributed by atoms with Crippen LogP contribution in [-0.2, 0) is 13.1 Å². The lowest BCUT2D eigenvalue weighted by Crippen LogP contribution is -2.13. The zero-order chi connectivity index (χ0) is 14.7. The summed E-state index contributed by atoms with van der Waals surface area (Å²) in [7, 11) is 0. The third-order valence-electron chi connectivity index (χ3n) is 3.26. The summed E-state index contributed by atoms with van der Waals surface area (Å²) in [5, 5.41) is 11.9. The summed E-state index contributed by atoms with van der Waals surface area (Å²) in [6.07, 6.45) is 0. The van der Waals surface area contributed by atoms with Crippen molar-refractivity contribution in [3.05, 3.63) is 58.9 Å². The van der Waals surface area contributed by atoms with Crippen LogP contribution in [0.1, 0.15) is 16.7 Å². The number of nitrogens with zero attached hydrogens (tertiary/aromatic N) is 1. The number of rotatable bonds is 4. The number of benzene rings is 2. The van der Waals surface area contributed by atoms with E-state index in [1.807, 2.05) is 24.3 Å². The van der Waals surface area contributed by atoms with E-state index in [0.717, 1.165) is 17.1 Å². The van der Waals surface area contributed by atoms with Gasteiger partial charge in [0.25, 0.3) is 0 Å². The molecule has 2 aromatic carbocycles. The minimum Gasteiger partial charge on any atom is -0.454 e. The number of fused-ring (bicyclic) bond motifs is 1. The van der Waals surface area contributed by atoms with Gasteiger partial charge in [-0.15, -0.1) is 0 Å². The summed E-state index contributed by atoms with van der Waals surface area (Å²) in [5.74, 6) is 1.11. The van der Waals surface area contributed by atoms with Crippen molar-refractivity contribution in [2.24, 2.45) is 0 Å². The van der Waals surface area contributed by atoms with E-state index in [2.05, 4.69) is 5.32 Å². The maximum atomic E-state index is 13.7. The molecule has 0 unspecified atom stereocenters. The molecule has 1 heterocycles. The van der Waals surface area contributed by atoms with Gasteiger partial charge in [0.15, 0.2) is 11.5 Å². The Morgan fingerprint density at radius 2 is 1.95 bits per heavy atom. The second kappa shape index (κ2) is 5.81. The molecule has 0 aliphatic carbocycles. The van der Waals surface area contributed by atoms with Gasteiger partial charge in [0.2, 0.25) is 6.79 Å². The van der Waals surface area contributed by atoms with Crippen molar-refractivity contribution in [2.45, 2.75) is 13.1 Å². The molecule has 0 amide bonds. The molecule has 21 heavy (non-hydrogen) atoms. The van der Waals surface area contributed by atoms with Gasteiger partial charge in [-0.1, -0.05) is 12.1 Å². The van der Waals surface area contributed by atoms with Crippen molar-refractivity contribution < 1.29 is 13.9 Å². The molecule has 1 aliphatic heterocycles. The number of hydrogen-bond donors (Lipinski definition) is 1. The fraction of sp³-hybridized carbons (Fsp3) is 0.188. The summed E-state index contributed by atoms with van der Waals surface area (Å²) in [5.41, 5.74) is 1.90. The van der Waals surface area contributed by atoms with Gasteiger partial charge >= 0.3 is 0 Å². The van der Waals surface area contributed by atoms with Crippen LogP contribution in [0.5, 0.6) is 11.5 Å². The van der Waals surface area contributed by atoms with Crippen LogP contribution in [0.4, 0.5) is 4.39 Å². The van der Waals surface area contributed by atoms with E-state index in [1.165, 1.54) is 6.07 Å². The summed E-state index contributed by atoms with van der Waals surface area (Å²) in [6.45, 7) is 1.24. The minimum atomic E-state index is -0.368. The Labute approximate surface area is 121 Å². The van der Waals surface area contributed by atoms with Crippen molar-refractivity contribution in [1.29, 1.82) is 5.26 Å². The SMILES string of the molecule is N#Cc1ccc(CNCc2ccc3c(c2)OCO3)c(F)c1. The fourth-order valence-corrected chi connectivity index (χ4v) is 2.15. The van der Waals surface area contributed by atoms with Crippen LogP contribution in [0, 0.1) is 17.1 Å². The predicted octanol–water partition coefficient (Wildman–Crippen LogP) is 2.72. The Hall–Kier alpha value is -2.58. The van der Waals surface area contributed by atoms with E-state index in [4.69, 9.17) is 14.7 Å². The molecule has 0 saturated carbocycles. The van der Waals surface area contributed by atoms with Crippen molar-refractivity contribution >= 4 is 0 Å². The topological polar surface area (TPSA) is 54.3 Å². The van der Waals surface area contributed by atoms with E-state index in [0.29, 0.717) is 24.2 Å². The Balaban J connectivity index is 1.60. The second-order valence-electron chi connectivity index (χ2n) is 4.71. The molecule has 0 bridgehead atoms. The quantitative estimate of drug-likeness (QED) is 0.938. The number of nitriles is 1. The largest absolute Gasteiger partial charge is 0.454 e. The Morgan fingerprint density at radius 1 is 1.10 bits per heavy atom. The molecule has 0 saturated heterocycles. The number of hydrogen-bond acceptors (Lipinski definition) is 4. The van der Waals surface area contributed by atoms with E-state index < -0.39 is 0 Å². The molecule has 1 N–H and O–H groups in total. The van der Waals surface area contributed by atoms with Gasteiger partial charge in [0.05, 0.1) is 11.6 Å². The second-order valence-corrected chi connectivity index (χ2v) is 4.71. The van der Waals surface area contributed by atoms with E-state index in [-0.39, 0.29) is 12.6 Å². The minimum absolute atomic E-state index is 0.253. The Bertz CT molecular complexity index is 710. The van der Waals surface area contributed by atoms with Crippen LogP contribution in [0.3, 0.4) is 0 Å². The maximum absolute atomic E-state index is 13.7. The van der Waals surface area contributed by atoms with Gasteiger partial charge in [-0.3, -0.25) is 0 Å². The molecule has 5 heteroatoms. The van der Waals surface area contributed by atoms with Crippen LogP contribution < -0.4 is 14.8 Å². The van der Waals surface area contributed by atoms with E-state index in [1.54, 1.807) is 12.1 Å². The van der Waals surface area contributed by atoms with Gasteiger partial charge in [-0.2, -0.15) is 5.26 Å². The first kappa shape index (κ1) is 13.4. The first-order valence-electron chi connectivity index (χ1n) is 6.54. The smallest absolute Gasteiger partial charge is 0.231 e. The molecule has 0 atom stereocenters. The van der Waals surface area contributed by atoms with Crippen molar-refractivity contribution in [1.82, 2.24) is 5.32 Å². The molecule has 2 aromatic rings. The highest BCUT2D eigenvalue weighted by molar-refractivity contribution is 5.44. The first-order chi connectivity index (χ1) is 10.3. The zero-order valence-electron chi connectivity index (χ0n) is 11.2. The fourth-order valence-electron chi connectivity index (χ4n) is 2.15. The lowest BCUT2D eigenvalue weighted by Gasteiger charge is -2.07. The average molecular weight is 284 g/mol. The van der Waals surface area contributed by atoms with Crippen LogP contribution in [-0.4, -0.2) is 6.79 Å². The van der Waals surface area contributed by atoms with Gasteiger partial charge in [-0.25, -0.2) is 4.39 Å². The van der Waals surface area contributed by atoms with Crippen LogP contribution >= 0.6 is 0 Å². The molecule has 106 valence electrons. The van der Waals surface area contributed by atoms with Crippen molar-refractivity contribution in [2.75, 3.05) is 6.79 Å². The van der Waals surface area contributed by atoms with Gasteiger partial charge in [-0.05, 0) is 29.8 Å². The summed E-state index contributed by atoms with van der Waals surface area (Å²) >= 11 is 0. The molecule has 0 spiro atoms. The molecule has 3 rings (SSSR count). The highest BCUT2D eigenvalue weighted by atomic mass is 19.1. The van der Waals surface area contributed by atoms with Crippen molar-refractivity contribution in [3.8, 4) is 17.6 Å². The van der Waals surface area contributed by atoms with Gasteiger partial charge < -0.3 is 14.8 Å². The first-order valence-corrected chi connectivity index (χ1v) is 6.54. The normalized spacial score (nSPS) is 12.2. The molecule has 0 radical (unpaired) electrons. The Kier molecular flexibility index (Phi) is 3.71. The lowest BCUT2D eigenvalue weighted by molar-refractivity contribution is 0.174. The molecule has 0 aromatic heterocycles. The third kappa shape index (κ3) is 2.96. The summed E-state index contributed by atoms with van der Waals surface area (Å²) < 4.78 is 24.3. The van der Waals surface area contributed by atoms with Crippen molar-refractivity contribution in [3.63, 3.8) is 0 Å². The molecule has 0 fully saturated rings. The van der Waals surface area contributed by atoms with E-state index >= 15 is 0 Å². The monoisotopic (exact) mass is 284 g/mol. The lowest BCUT2D eigenvalue weighted by atomic mass is 10.1. The summed E-state index contributed by atoms with van der Waals surface area (Å²) in [6, 6.07) is 12.1. The third-order valence-corrected chi connectivity index (χ3v) is 3.26. The highest BCUT2D eigenvalue weighted by Crippen LogP contribution is 2.32. The summed E-state index contributed by atoms with van der Waals surface area (Å²) in [4.78, 5) is 0. The number of nitrogens with one attached hydrogen (secondary N) is 1. The number of ether oxygens (including phenoxy) is 2. The Morgan fingerprint density at radius 3 is 2.76 bits per heavy atom. The number of halogens is 1. The highest BCUT2D eigenvalue weighted by Gasteiger charge is 2.13. The molecular weight excluding hydrogens is 271 g/mol. The molecular formula is C16H13FN2O2. The standard InChI is InChI=1S/C16H13FN2O2/c17-14-5-11(7-18)1-3-13(14)9-19-8-12-2-4-15-16(6-12)21-10-20-15/h1-6,19H,8-10H2. The molecule has 1 aliphatic rings. The predicted molar refractivity (Wildman–Crippen MR) is 74.2 cm³/mol.